The van der Waals surface area contributed by atoms with E-state index in [0.29, 0.717) is 6.42 Å². The molecule has 0 radical (unpaired) electrons. The molecule has 4 heteroatoms. The van der Waals surface area contributed by atoms with Crippen LogP contribution in [0.15, 0.2) is 12.1 Å². The Labute approximate surface area is 146 Å². The molecular weight excluding hydrogens is 304 g/mol. The summed E-state index contributed by atoms with van der Waals surface area (Å²) in [6, 6.07) is 4.35. The molecular formula is C20H32O4. The highest BCUT2D eigenvalue weighted by molar-refractivity contribution is 5.70. The Hall–Kier alpha value is -1.55. The first-order chi connectivity index (χ1) is 11.0. The van der Waals surface area contributed by atoms with Gasteiger partial charge in [-0.05, 0) is 28.4 Å². The molecule has 24 heavy (non-hydrogen) atoms. The van der Waals surface area contributed by atoms with Crippen LogP contribution in [0.1, 0.15) is 64.7 Å². The number of esters is 1. The van der Waals surface area contributed by atoms with E-state index in [4.69, 9.17) is 14.6 Å². The number of methoxy groups -OCH3 is 1. The van der Waals surface area contributed by atoms with Gasteiger partial charge in [0.15, 0.2) is 0 Å². The van der Waals surface area contributed by atoms with Gasteiger partial charge in [-0.3, -0.25) is 4.79 Å². The van der Waals surface area contributed by atoms with E-state index in [1.54, 1.807) is 7.11 Å². The number of aliphatic hydroxyl groups is 1. The molecule has 4 nitrogen and oxygen atoms in total. The van der Waals surface area contributed by atoms with Crippen molar-refractivity contribution in [3.63, 3.8) is 0 Å². The van der Waals surface area contributed by atoms with Crippen molar-refractivity contribution >= 4 is 5.97 Å². The van der Waals surface area contributed by atoms with Crippen molar-refractivity contribution in [2.45, 2.75) is 65.2 Å². The fourth-order valence-corrected chi connectivity index (χ4v) is 2.57. The van der Waals surface area contributed by atoms with Gasteiger partial charge in [0.25, 0.3) is 0 Å². The van der Waals surface area contributed by atoms with Gasteiger partial charge in [-0.2, -0.15) is 0 Å². The number of ether oxygens (including phenoxy) is 2. The lowest BCUT2D eigenvalue weighted by Gasteiger charge is -2.29. The van der Waals surface area contributed by atoms with E-state index in [2.05, 4.69) is 53.7 Å². The number of hydrogen-bond acceptors (Lipinski definition) is 4. The highest BCUT2D eigenvalue weighted by Gasteiger charge is 2.25. The number of carbonyl (C=O) groups excluding carboxylic acids is 1. The zero-order chi connectivity index (χ0) is 18.5. The van der Waals surface area contributed by atoms with Crippen LogP contribution in [0, 0.1) is 0 Å². The van der Waals surface area contributed by atoms with E-state index in [0.717, 1.165) is 16.9 Å². The molecule has 0 aliphatic rings. The zero-order valence-electron chi connectivity index (χ0n) is 16.2. The number of aliphatic hydroxyl groups excluding tert-OH is 1. The fraction of sp³-hybridized carbons (Fsp3) is 0.650. The minimum Gasteiger partial charge on any atom is -0.496 e. The van der Waals surface area contributed by atoms with Crippen LogP contribution in [0.25, 0.3) is 0 Å². The Morgan fingerprint density at radius 2 is 1.71 bits per heavy atom. The quantitative estimate of drug-likeness (QED) is 0.804. The predicted molar refractivity (Wildman–Crippen MR) is 96.8 cm³/mol. The lowest BCUT2D eigenvalue weighted by molar-refractivity contribution is -0.144. The Kier molecular flexibility index (Phi) is 6.85. The van der Waals surface area contributed by atoms with Gasteiger partial charge in [0.1, 0.15) is 12.4 Å². The lowest BCUT2D eigenvalue weighted by Crippen LogP contribution is -2.19. The van der Waals surface area contributed by atoms with Gasteiger partial charge >= 0.3 is 5.97 Å². The monoisotopic (exact) mass is 336 g/mol. The van der Waals surface area contributed by atoms with E-state index in [9.17, 15) is 4.79 Å². The molecule has 0 spiro atoms. The Morgan fingerprint density at radius 1 is 1.08 bits per heavy atom. The summed E-state index contributed by atoms with van der Waals surface area (Å²) >= 11 is 0. The van der Waals surface area contributed by atoms with Crippen LogP contribution in [0.3, 0.4) is 0 Å². The Morgan fingerprint density at radius 3 is 2.17 bits per heavy atom. The van der Waals surface area contributed by atoms with Gasteiger partial charge in [-0.15, -0.1) is 0 Å². The SMILES string of the molecule is COc1c(CCC(=O)OCCO)cc(C(C)(C)C)cc1C(C)(C)C. The van der Waals surface area contributed by atoms with E-state index in [-0.39, 0.29) is 36.4 Å². The molecule has 0 aliphatic heterocycles. The van der Waals surface area contributed by atoms with Crippen molar-refractivity contribution in [1.29, 1.82) is 0 Å². The van der Waals surface area contributed by atoms with Gasteiger partial charge in [-0.25, -0.2) is 0 Å². The zero-order valence-corrected chi connectivity index (χ0v) is 16.2. The molecule has 0 heterocycles. The van der Waals surface area contributed by atoms with Gasteiger partial charge in [0.05, 0.1) is 13.7 Å². The molecule has 1 N–H and O–H groups in total. The van der Waals surface area contributed by atoms with Gasteiger partial charge in [0, 0.05) is 12.0 Å². The van der Waals surface area contributed by atoms with Crippen LogP contribution in [0.4, 0.5) is 0 Å². The molecule has 0 atom stereocenters. The molecule has 0 bridgehead atoms. The van der Waals surface area contributed by atoms with Crippen molar-refractivity contribution in [3.05, 3.63) is 28.8 Å². The highest BCUT2D eigenvalue weighted by atomic mass is 16.5. The second kappa shape index (κ2) is 8.02. The molecule has 1 rings (SSSR count). The van der Waals surface area contributed by atoms with Crippen LogP contribution in [0.5, 0.6) is 5.75 Å². The van der Waals surface area contributed by atoms with E-state index >= 15 is 0 Å². The standard InChI is InChI=1S/C20H32O4/c1-19(2,3)15-12-14(8-9-17(22)24-11-10-21)18(23-7)16(13-15)20(4,5)6/h12-13,21H,8-11H2,1-7H3. The summed E-state index contributed by atoms with van der Waals surface area (Å²) in [5, 5.41) is 8.74. The first-order valence-electron chi connectivity index (χ1n) is 8.49. The Bertz CT molecular complexity index is 562. The molecule has 0 saturated heterocycles. The summed E-state index contributed by atoms with van der Waals surface area (Å²) in [7, 11) is 1.68. The van der Waals surface area contributed by atoms with E-state index < -0.39 is 0 Å². The van der Waals surface area contributed by atoms with Crippen molar-refractivity contribution in [2.24, 2.45) is 0 Å². The van der Waals surface area contributed by atoms with Gasteiger partial charge in [0.2, 0.25) is 0 Å². The second-order valence-electron chi connectivity index (χ2n) is 8.16. The third-order valence-corrected chi connectivity index (χ3v) is 4.00. The topological polar surface area (TPSA) is 55.8 Å². The summed E-state index contributed by atoms with van der Waals surface area (Å²) in [6.45, 7) is 12.9. The maximum atomic E-state index is 11.8. The first kappa shape index (κ1) is 20.5. The summed E-state index contributed by atoms with van der Waals surface area (Å²) in [4.78, 5) is 11.8. The highest BCUT2D eigenvalue weighted by Crippen LogP contribution is 2.38. The molecule has 0 fully saturated rings. The van der Waals surface area contributed by atoms with Gasteiger partial charge < -0.3 is 14.6 Å². The van der Waals surface area contributed by atoms with Crippen LogP contribution >= 0.6 is 0 Å². The summed E-state index contributed by atoms with van der Waals surface area (Å²) < 4.78 is 10.6. The first-order valence-corrected chi connectivity index (χ1v) is 8.49. The summed E-state index contributed by atoms with van der Waals surface area (Å²) in [6.07, 6.45) is 0.827. The van der Waals surface area contributed by atoms with E-state index in [1.165, 1.54) is 5.56 Å². The van der Waals surface area contributed by atoms with Gasteiger partial charge in [-0.1, -0.05) is 53.7 Å². The molecule has 1 aromatic carbocycles. The normalized spacial score (nSPS) is 12.2. The molecule has 1 aromatic rings. The molecule has 0 aromatic heterocycles. The van der Waals surface area contributed by atoms with Crippen LogP contribution < -0.4 is 4.74 Å². The average molecular weight is 336 g/mol. The smallest absolute Gasteiger partial charge is 0.306 e. The number of hydrogen-bond donors (Lipinski definition) is 1. The minimum atomic E-state index is -0.301. The number of aryl methyl sites for hydroxylation is 1. The van der Waals surface area contributed by atoms with Crippen molar-refractivity contribution in [2.75, 3.05) is 20.3 Å². The molecule has 0 amide bonds. The summed E-state index contributed by atoms with van der Waals surface area (Å²) in [5.74, 6) is 0.551. The van der Waals surface area contributed by atoms with Crippen molar-refractivity contribution in [3.8, 4) is 5.75 Å². The largest absolute Gasteiger partial charge is 0.496 e. The molecule has 0 saturated carbocycles. The molecule has 0 unspecified atom stereocenters. The third-order valence-electron chi connectivity index (χ3n) is 4.00. The number of carbonyl (C=O) groups is 1. The van der Waals surface area contributed by atoms with Crippen LogP contribution in [-0.2, 0) is 26.8 Å². The number of benzene rings is 1. The fourth-order valence-electron chi connectivity index (χ4n) is 2.57. The van der Waals surface area contributed by atoms with Crippen LogP contribution in [0.2, 0.25) is 0 Å². The van der Waals surface area contributed by atoms with Crippen LogP contribution in [-0.4, -0.2) is 31.4 Å². The predicted octanol–water partition coefficient (Wildman–Crippen LogP) is 3.76. The van der Waals surface area contributed by atoms with Crippen molar-refractivity contribution < 1.29 is 19.4 Å². The average Bonchev–Trinajstić information content (AvgIpc) is 2.47. The summed E-state index contributed by atoms with van der Waals surface area (Å²) in [5.41, 5.74) is 3.36. The maximum absolute atomic E-state index is 11.8. The maximum Gasteiger partial charge on any atom is 0.306 e. The third kappa shape index (κ3) is 5.52. The van der Waals surface area contributed by atoms with E-state index in [1.807, 2.05) is 0 Å². The minimum absolute atomic E-state index is 0.0123. The van der Waals surface area contributed by atoms with Crippen molar-refractivity contribution in [1.82, 2.24) is 0 Å². The molecule has 0 aliphatic carbocycles. The Balaban J connectivity index is 3.23. The lowest BCUT2D eigenvalue weighted by atomic mass is 9.78. The molecule has 136 valence electrons. The second-order valence-corrected chi connectivity index (χ2v) is 8.16. The number of rotatable bonds is 6.